The highest BCUT2D eigenvalue weighted by atomic mass is 16.6. The van der Waals surface area contributed by atoms with Crippen LogP contribution in [-0.4, -0.2) is 38.6 Å². The second-order valence-electron chi connectivity index (χ2n) is 7.04. The highest BCUT2D eigenvalue weighted by molar-refractivity contribution is 5.93. The zero-order valence-electron chi connectivity index (χ0n) is 15.7. The lowest BCUT2D eigenvalue weighted by Gasteiger charge is -2.26. The lowest BCUT2D eigenvalue weighted by molar-refractivity contribution is -0.385. The molecule has 0 radical (unpaired) electrons. The predicted molar refractivity (Wildman–Crippen MR) is 103 cm³/mol. The number of nitro groups is 1. The summed E-state index contributed by atoms with van der Waals surface area (Å²) in [6.45, 7) is 6.44. The van der Waals surface area contributed by atoms with Crippen LogP contribution < -0.4 is 5.32 Å². The number of likely N-dealkylation sites (tertiary alicyclic amines) is 1. The number of nitrogens with one attached hydrogen (secondary N) is 1. The minimum absolute atomic E-state index is 0.0864. The number of carbonyl (C=O) groups is 1. The van der Waals surface area contributed by atoms with Gasteiger partial charge in [0.1, 0.15) is 17.9 Å². The SMILES string of the molecule is Cc1nn(C(C)C(=O)Nc2ccc(CN3CCCCC3)cc2)cc1[N+](=O)[O-]. The summed E-state index contributed by atoms with van der Waals surface area (Å²) in [7, 11) is 0. The fourth-order valence-electron chi connectivity index (χ4n) is 3.29. The molecule has 8 heteroatoms. The summed E-state index contributed by atoms with van der Waals surface area (Å²) in [5.74, 6) is -0.267. The van der Waals surface area contributed by atoms with Crippen LogP contribution in [0, 0.1) is 17.0 Å². The number of carbonyl (C=O) groups excluding carboxylic acids is 1. The molecule has 0 spiro atoms. The molecule has 2 aromatic rings. The number of rotatable bonds is 6. The molecule has 0 bridgehead atoms. The Morgan fingerprint density at radius 2 is 1.93 bits per heavy atom. The highest BCUT2D eigenvalue weighted by Gasteiger charge is 2.22. The van der Waals surface area contributed by atoms with E-state index in [1.807, 2.05) is 24.3 Å². The van der Waals surface area contributed by atoms with Gasteiger partial charge in [-0.05, 0) is 57.5 Å². The van der Waals surface area contributed by atoms with E-state index < -0.39 is 11.0 Å². The van der Waals surface area contributed by atoms with Gasteiger partial charge in [0.15, 0.2) is 0 Å². The molecule has 1 aliphatic heterocycles. The molecule has 0 aliphatic carbocycles. The van der Waals surface area contributed by atoms with Gasteiger partial charge in [0.05, 0.1) is 4.92 Å². The van der Waals surface area contributed by atoms with Gasteiger partial charge in [-0.2, -0.15) is 5.10 Å². The maximum Gasteiger partial charge on any atom is 0.309 e. The van der Waals surface area contributed by atoms with Crippen molar-refractivity contribution in [3.8, 4) is 0 Å². The summed E-state index contributed by atoms with van der Waals surface area (Å²) < 4.78 is 1.33. The van der Waals surface area contributed by atoms with Gasteiger partial charge in [0, 0.05) is 12.2 Å². The molecule has 1 amide bonds. The number of aryl methyl sites for hydroxylation is 1. The highest BCUT2D eigenvalue weighted by Crippen LogP contribution is 2.20. The van der Waals surface area contributed by atoms with Gasteiger partial charge >= 0.3 is 5.69 Å². The summed E-state index contributed by atoms with van der Waals surface area (Å²) in [6, 6.07) is 7.18. The van der Waals surface area contributed by atoms with Crippen LogP contribution in [0.5, 0.6) is 0 Å². The lowest BCUT2D eigenvalue weighted by Crippen LogP contribution is -2.29. The Morgan fingerprint density at radius 3 is 2.52 bits per heavy atom. The van der Waals surface area contributed by atoms with Gasteiger partial charge in [-0.25, -0.2) is 0 Å². The maximum absolute atomic E-state index is 12.5. The Balaban J connectivity index is 1.60. The molecule has 1 aromatic carbocycles. The summed E-state index contributed by atoms with van der Waals surface area (Å²) in [5, 5.41) is 17.9. The van der Waals surface area contributed by atoms with Gasteiger partial charge in [0.2, 0.25) is 5.91 Å². The van der Waals surface area contributed by atoms with Crippen molar-refractivity contribution < 1.29 is 9.72 Å². The number of piperidine rings is 1. The molecule has 0 saturated carbocycles. The van der Waals surface area contributed by atoms with Gasteiger partial charge in [0.25, 0.3) is 0 Å². The van der Waals surface area contributed by atoms with Crippen molar-refractivity contribution in [3.63, 3.8) is 0 Å². The molecule has 1 saturated heterocycles. The van der Waals surface area contributed by atoms with Gasteiger partial charge in [-0.3, -0.25) is 24.5 Å². The number of amides is 1. The fraction of sp³-hybridized carbons (Fsp3) is 0.474. The quantitative estimate of drug-likeness (QED) is 0.621. The average Bonchev–Trinajstić information content (AvgIpc) is 3.05. The number of benzene rings is 1. The molecule has 1 aromatic heterocycles. The Bertz CT molecular complexity index is 809. The molecule has 1 fully saturated rings. The second kappa shape index (κ2) is 8.30. The minimum atomic E-state index is -0.648. The molecule has 2 heterocycles. The Labute approximate surface area is 158 Å². The number of nitrogens with zero attached hydrogens (tertiary/aromatic N) is 4. The van der Waals surface area contributed by atoms with Gasteiger partial charge in [-0.15, -0.1) is 0 Å². The van der Waals surface area contributed by atoms with E-state index in [2.05, 4.69) is 15.3 Å². The largest absolute Gasteiger partial charge is 0.324 e. The monoisotopic (exact) mass is 371 g/mol. The molecule has 3 rings (SSSR count). The van der Waals surface area contributed by atoms with Crippen LogP contribution in [0.3, 0.4) is 0 Å². The van der Waals surface area contributed by atoms with Gasteiger partial charge < -0.3 is 5.32 Å². The number of anilines is 1. The first-order valence-electron chi connectivity index (χ1n) is 9.26. The summed E-state index contributed by atoms with van der Waals surface area (Å²) >= 11 is 0. The number of hydrogen-bond donors (Lipinski definition) is 1. The van der Waals surface area contributed by atoms with Crippen LogP contribution in [0.25, 0.3) is 0 Å². The van der Waals surface area contributed by atoms with Crippen molar-refractivity contribution in [1.29, 1.82) is 0 Å². The van der Waals surface area contributed by atoms with Gasteiger partial charge in [-0.1, -0.05) is 18.6 Å². The van der Waals surface area contributed by atoms with Crippen molar-refractivity contribution in [1.82, 2.24) is 14.7 Å². The molecule has 1 unspecified atom stereocenters. The molecular formula is C19H25N5O3. The molecule has 1 N–H and O–H groups in total. The number of hydrogen-bond acceptors (Lipinski definition) is 5. The third-order valence-electron chi connectivity index (χ3n) is 4.94. The molecule has 144 valence electrons. The van der Waals surface area contributed by atoms with Crippen LogP contribution in [0.1, 0.15) is 43.5 Å². The van der Waals surface area contributed by atoms with E-state index in [4.69, 9.17) is 0 Å². The first kappa shape index (κ1) is 19.0. The second-order valence-corrected chi connectivity index (χ2v) is 7.04. The summed E-state index contributed by atoms with van der Waals surface area (Å²) in [5.41, 5.74) is 2.13. The van der Waals surface area contributed by atoms with Crippen molar-refractivity contribution in [2.75, 3.05) is 18.4 Å². The van der Waals surface area contributed by atoms with Crippen molar-refractivity contribution in [3.05, 3.63) is 51.8 Å². The number of aromatic nitrogens is 2. The topological polar surface area (TPSA) is 93.3 Å². The predicted octanol–water partition coefficient (Wildman–Crippen LogP) is 3.29. The van der Waals surface area contributed by atoms with Crippen LogP contribution in [0.15, 0.2) is 30.5 Å². The van der Waals surface area contributed by atoms with E-state index in [0.717, 1.165) is 19.6 Å². The third-order valence-corrected chi connectivity index (χ3v) is 4.94. The van der Waals surface area contributed by atoms with Crippen LogP contribution in [0.4, 0.5) is 11.4 Å². The normalized spacial score (nSPS) is 16.1. The smallest absolute Gasteiger partial charge is 0.309 e. The van der Waals surface area contributed by atoms with Crippen molar-refractivity contribution in [2.45, 2.75) is 45.7 Å². The lowest BCUT2D eigenvalue weighted by atomic mass is 10.1. The maximum atomic E-state index is 12.5. The first-order chi connectivity index (χ1) is 12.9. The fourth-order valence-corrected chi connectivity index (χ4v) is 3.29. The van der Waals surface area contributed by atoms with Crippen LogP contribution >= 0.6 is 0 Å². The van der Waals surface area contributed by atoms with Crippen molar-refractivity contribution in [2.24, 2.45) is 0 Å². The average molecular weight is 371 g/mol. The van der Waals surface area contributed by atoms with E-state index in [1.54, 1.807) is 13.8 Å². The van der Waals surface area contributed by atoms with E-state index in [0.29, 0.717) is 11.4 Å². The van der Waals surface area contributed by atoms with Crippen LogP contribution in [-0.2, 0) is 11.3 Å². The third kappa shape index (κ3) is 4.71. The van der Waals surface area contributed by atoms with Crippen molar-refractivity contribution >= 4 is 17.3 Å². The Hall–Kier alpha value is -2.74. The zero-order chi connectivity index (χ0) is 19.4. The van der Waals surface area contributed by atoms with Crippen LogP contribution in [0.2, 0.25) is 0 Å². The molecule has 1 atom stereocenters. The van der Waals surface area contributed by atoms with E-state index in [-0.39, 0.29) is 11.6 Å². The Kier molecular flexibility index (Phi) is 5.85. The van der Waals surface area contributed by atoms with E-state index in [1.165, 1.54) is 35.7 Å². The van der Waals surface area contributed by atoms with E-state index >= 15 is 0 Å². The molecule has 1 aliphatic rings. The summed E-state index contributed by atoms with van der Waals surface area (Å²) in [6.07, 6.45) is 5.13. The standard InChI is InChI=1S/C19H25N5O3/c1-14-18(24(26)27)13-23(21-14)15(2)19(25)20-17-8-6-16(7-9-17)12-22-10-4-3-5-11-22/h6-9,13,15H,3-5,10-12H2,1-2H3,(H,20,25). The molecule has 8 nitrogen and oxygen atoms in total. The minimum Gasteiger partial charge on any atom is -0.324 e. The van der Waals surface area contributed by atoms with E-state index in [9.17, 15) is 14.9 Å². The zero-order valence-corrected chi connectivity index (χ0v) is 15.7. The molecular weight excluding hydrogens is 346 g/mol. The summed E-state index contributed by atoms with van der Waals surface area (Å²) in [4.78, 5) is 25.4. The first-order valence-corrected chi connectivity index (χ1v) is 9.26. The Morgan fingerprint density at radius 1 is 1.26 bits per heavy atom. The molecule has 27 heavy (non-hydrogen) atoms.